The lowest BCUT2D eigenvalue weighted by atomic mass is 10.1. The molecule has 3 N–H and O–H groups in total. The molecule has 0 bridgehead atoms. The summed E-state index contributed by atoms with van der Waals surface area (Å²) in [5.41, 5.74) is 7.47. The van der Waals surface area contributed by atoms with Crippen LogP contribution in [0.25, 0.3) is 0 Å². The van der Waals surface area contributed by atoms with E-state index in [9.17, 15) is 0 Å². The first-order chi connectivity index (χ1) is 7.61. The van der Waals surface area contributed by atoms with Gasteiger partial charge in [-0.3, -0.25) is 4.68 Å². The molecule has 1 atom stereocenters. The normalized spacial score (nSPS) is 13.3. The highest BCUT2D eigenvalue weighted by atomic mass is 35.5. The van der Waals surface area contributed by atoms with Gasteiger partial charge in [0, 0.05) is 6.04 Å². The number of nitrogens with two attached hydrogens (primary N) is 1. The number of nitrogens with zero attached hydrogens (tertiary/aromatic N) is 4. The van der Waals surface area contributed by atoms with Crippen LogP contribution < -0.4 is 5.73 Å². The van der Waals surface area contributed by atoms with Gasteiger partial charge in [0.2, 0.25) is 0 Å². The lowest BCUT2D eigenvalue weighted by Crippen LogP contribution is -2.19. The summed E-state index contributed by atoms with van der Waals surface area (Å²) in [7, 11) is 0. The van der Waals surface area contributed by atoms with Gasteiger partial charge < -0.3 is 5.73 Å². The molecule has 16 heavy (non-hydrogen) atoms. The Hall–Kier alpha value is -1.40. The van der Waals surface area contributed by atoms with Gasteiger partial charge >= 0.3 is 0 Å². The molecule has 0 spiro atoms. The largest absolute Gasteiger partial charge is 0.318 e. The second-order valence-corrected chi connectivity index (χ2v) is 4.20. The molecule has 86 valence electrons. The Morgan fingerprint density at radius 3 is 2.75 bits per heavy atom. The molecule has 6 nitrogen and oxygen atoms in total. The molecule has 1 unspecified atom stereocenters. The SMILES string of the molecule is CC(C)n1ncc(Cl)c1C(N)c1cn[nH]n1. The number of hydrogen-bond donors (Lipinski definition) is 2. The van der Waals surface area contributed by atoms with E-state index < -0.39 is 6.04 Å². The van der Waals surface area contributed by atoms with Crippen LogP contribution in [0.4, 0.5) is 0 Å². The third kappa shape index (κ3) is 1.81. The summed E-state index contributed by atoms with van der Waals surface area (Å²) < 4.78 is 1.79. The topological polar surface area (TPSA) is 85.4 Å². The molecule has 0 aliphatic heterocycles. The minimum absolute atomic E-state index is 0.195. The molecule has 0 aliphatic carbocycles. The lowest BCUT2D eigenvalue weighted by Gasteiger charge is -2.15. The Bertz CT molecular complexity index is 460. The quantitative estimate of drug-likeness (QED) is 0.846. The van der Waals surface area contributed by atoms with Crippen LogP contribution in [0, 0.1) is 0 Å². The minimum Gasteiger partial charge on any atom is -0.318 e. The van der Waals surface area contributed by atoms with Gasteiger partial charge in [-0.2, -0.15) is 20.5 Å². The predicted octanol–water partition coefficient (Wildman–Crippen LogP) is 1.28. The van der Waals surface area contributed by atoms with Crippen molar-refractivity contribution in [3.63, 3.8) is 0 Å². The van der Waals surface area contributed by atoms with Crippen molar-refractivity contribution in [1.82, 2.24) is 25.2 Å². The maximum absolute atomic E-state index is 6.08. The van der Waals surface area contributed by atoms with Gasteiger partial charge in [0.05, 0.1) is 29.2 Å². The van der Waals surface area contributed by atoms with Gasteiger partial charge in [-0.05, 0) is 13.8 Å². The molecule has 7 heteroatoms. The number of aromatic amines is 1. The zero-order chi connectivity index (χ0) is 11.7. The zero-order valence-electron chi connectivity index (χ0n) is 9.05. The van der Waals surface area contributed by atoms with Crippen LogP contribution in [0.15, 0.2) is 12.4 Å². The minimum atomic E-state index is -0.420. The van der Waals surface area contributed by atoms with Crippen LogP contribution in [-0.4, -0.2) is 25.2 Å². The molecule has 2 heterocycles. The number of nitrogens with one attached hydrogen (secondary N) is 1. The summed E-state index contributed by atoms with van der Waals surface area (Å²) >= 11 is 6.08. The molecule has 2 aromatic heterocycles. The molecule has 0 aliphatic rings. The van der Waals surface area contributed by atoms with Gasteiger partial charge in [-0.1, -0.05) is 11.6 Å². The number of halogens is 1. The fourth-order valence-corrected chi connectivity index (χ4v) is 1.80. The fraction of sp³-hybridized carbons (Fsp3) is 0.444. The van der Waals surface area contributed by atoms with Crippen molar-refractivity contribution in [2.45, 2.75) is 25.9 Å². The standard InChI is InChI=1S/C9H13ClN6/c1-5(2)16-9(6(10)3-13-16)8(11)7-4-12-15-14-7/h3-5,8H,11H2,1-2H3,(H,12,14,15). The molecular formula is C9H13ClN6. The van der Waals surface area contributed by atoms with Gasteiger partial charge in [0.25, 0.3) is 0 Å². The second kappa shape index (κ2) is 4.23. The van der Waals surface area contributed by atoms with E-state index in [2.05, 4.69) is 20.5 Å². The van der Waals surface area contributed by atoms with E-state index in [-0.39, 0.29) is 6.04 Å². The van der Waals surface area contributed by atoms with Crippen LogP contribution >= 0.6 is 11.6 Å². The van der Waals surface area contributed by atoms with Crippen molar-refractivity contribution in [3.05, 3.63) is 28.8 Å². The number of aromatic nitrogens is 5. The van der Waals surface area contributed by atoms with Gasteiger partial charge in [-0.15, -0.1) is 0 Å². The van der Waals surface area contributed by atoms with Crippen molar-refractivity contribution in [2.24, 2.45) is 5.73 Å². The van der Waals surface area contributed by atoms with E-state index in [1.54, 1.807) is 17.1 Å². The van der Waals surface area contributed by atoms with Crippen LogP contribution in [0.3, 0.4) is 0 Å². The Balaban J connectivity index is 2.43. The van der Waals surface area contributed by atoms with E-state index in [1.807, 2.05) is 13.8 Å². The smallest absolute Gasteiger partial charge is 0.105 e. The first-order valence-corrected chi connectivity index (χ1v) is 5.33. The Kier molecular flexibility index (Phi) is 2.93. The highest BCUT2D eigenvalue weighted by molar-refractivity contribution is 6.31. The predicted molar refractivity (Wildman–Crippen MR) is 60.0 cm³/mol. The summed E-state index contributed by atoms with van der Waals surface area (Å²) in [6, 6.07) is -0.225. The molecule has 0 aromatic carbocycles. The summed E-state index contributed by atoms with van der Waals surface area (Å²) in [4.78, 5) is 0. The molecule has 2 rings (SSSR count). The van der Waals surface area contributed by atoms with Crippen LogP contribution in [0.1, 0.15) is 37.3 Å². The van der Waals surface area contributed by atoms with Gasteiger partial charge in [0.15, 0.2) is 0 Å². The number of rotatable bonds is 3. The molecule has 0 amide bonds. The molecule has 2 aromatic rings. The van der Waals surface area contributed by atoms with Crippen molar-refractivity contribution in [2.75, 3.05) is 0 Å². The fourth-order valence-electron chi connectivity index (χ4n) is 1.55. The van der Waals surface area contributed by atoms with Crippen molar-refractivity contribution in [3.8, 4) is 0 Å². The molecule has 0 fully saturated rings. The van der Waals surface area contributed by atoms with Crippen LogP contribution in [0.2, 0.25) is 5.02 Å². The molecule has 0 radical (unpaired) electrons. The Labute approximate surface area is 97.8 Å². The molecule has 0 saturated carbocycles. The van der Waals surface area contributed by atoms with Crippen LogP contribution in [0.5, 0.6) is 0 Å². The summed E-state index contributed by atoms with van der Waals surface area (Å²) in [5, 5.41) is 14.9. The molecule has 0 saturated heterocycles. The third-order valence-electron chi connectivity index (χ3n) is 2.32. The average Bonchev–Trinajstić information content (AvgIpc) is 2.84. The van der Waals surface area contributed by atoms with E-state index in [4.69, 9.17) is 17.3 Å². The second-order valence-electron chi connectivity index (χ2n) is 3.79. The summed E-state index contributed by atoms with van der Waals surface area (Å²) in [5.74, 6) is 0. The van der Waals surface area contributed by atoms with E-state index in [0.29, 0.717) is 10.7 Å². The first-order valence-electron chi connectivity index (χ1n) is 4.95. The lowest BCUT2D eigenvalue weighted by molar-refractivity contribution is 0.497. The van der Waals surface area contributed by atoms with Crippen LogP contribution in [-0.2, 0) is 0 Å². The van der Waals surface area contributed by atoms with Crippen molar-refractivity contribution < 1.29 is 0 Å². The average molecular weight is 241 g/mol. The van der Waals surface area contributed by atoms with Crippen molar-refractivity contribution in [1.29, 1.82) is 0 Å². The number of H-pyrrole nitrogens is 1. The molecular weight excluding hydrogens is 228 g/mol. The number of hydrogen-bond acceptors (Lipinski definition) is 4. The third-order valence-corrected chi connectivity index (χ3v) is 2.61. The first kappa shape index (κ1) is 11.1. The summed E-state index contributed by atoms with van der Waals surface area (Å²) in [6.07, 6.45) is 3.18. The Morgan fingerprint density at radius 2 is 2.19 bits per heavy atom. The van der Waals surface area contributed by atoms with E-state index in [1.165, 1.54) is 0 Å². The van der Waals surface area contributed by atoms with Crippen molar-refractivity contribution >= 4 is 11.6 Å². The van der Waals surface area contributed by atoms with E-state index >= 15 is 0 Å². The van der Waals surface area contributed by atoms with Gasteiger partial charge in [0.1, 0.15) is 5.69 Å². The Morgan fingerprint density at radius 1 is 1.44 bits per heavy atom. The summed E-state index contributed by atoms with van der Waals surface area (Å²) in [6.45, 7) is 4.03. The highest BCUT2D eigenvalue weighted by Crippen LogP contribution is 2.26. The zero-order valence-corrected chi connectivity index (χ0v) is 9.81. The van der Waals surface area contributed by atoms with E-state index in [0.717, 1.165) is 5.69 Å². The maximum atomic E-state index is 6.08. The highest BCUT2D eigenvalue weighted by Gasteiger charge is 2.21. The monoisotopic (exact) mass is 240 g/mol. The maximum Gasteiger partial charge on any atom is 0.105 e. The van der Waals surface area contributed by atoms with Gasteiger partial charge in [-0.25, -0.2) is 0 Å².